The first-order valence-electron chi connectivity index (χ1n) is 8.32. The molecule has 0 spiro atoms. The quantitative estimate of drug-likeness (QED) is 0.870. The van der Waals surface area contributed by atoms with E-state index in [-0.39, 0.29) is 17.0 Å². The van der Waals surface area contributed by atoms with E-state index in [4.69, 9.17) is 0 Å². The van der Waals surface area contributed by atoms with Crippen LogP contribution in [-0.4, -0.2) is 27.8 Å². The summed E-state index contributed by atoms with van der Waals surface area (Å²) in [5.74, 6) is 0.842. The number of aromatic nitrogens is 2. The Bertz CT molecular complexity index is 846. The summed E-state index contributed by atoms with van der Waals surface area (Å²) in [5, 5.41) is 3.65. The van der Waals surface area contributed by atoms with Crippen LogP contribution in [0.3, 0.4) is 0 Å². The van der Waals surface area contributed by atoms with Gasteiger partial charge in [-0.3, -0.25) is 14.2 Å². The fraction of sp³-hybridized carbons (Fsp3) is 0.389. The van der Waals surface area contributed by atoms with E-state index in [1.165, 1.54) is 17.3 Å². The minimum absolute atomic E-state index is 0.144. The lowest BCUT2D eigenvalue weighted by atomic mass is 9.83. The van der Waals surface area contributed by atoms with Crippen molar-refractivity contribution >= 4 is 17.7 Å². The molecule has 0 fully saturated rings. The highest BCUT2D eigenvalue weighted by atomic mass is 32.2. The van der Waals surface area contributed by atoms with Crippen LogP contribution in [-0.2, 0) is 13.0 Å². The maximum Gasteiger partial charge on any atom is 0.267 e. The Labute approximate surface area is 144 Å². The van der Waals surface area contributed by atoms with Crippen LogP contribution in [0, 0.1) is 0 Å². The van der Waals surface area contributed by atoms with Gasteiger partial charge >= 0.3 is 0 Å². The van der Waals surface area contributed by atoms with Crippen molar-refractivity contribution in [3.8, 4) is 0 Å². The molecule has 1 aliphatic heterocycles. The molecule has 0 saturated carbocycles. The van der Waals surface area contributed by atoms with Crippen molar-refractivity contribution in [3.05, 3.63) is 57.5 Å². The number of hydrogen-bond acceptors (Lipinski definition) is 4. The fourth-order valence-corrected chi connectivity index (χ4v) is 4.46. The summed E-state index contributed by atoms with van der Waals surface area (Å²) in [6.45, 7) is 1.19. The van der Waals surface area contributed by atoms with Crippen LogP contribution in [0.15, 0.2) is 40.4 Å². The largest absolute Gasteiger partial charge is 0.351 e. The van der Waals surface area contributed by atoms with E-state index >= 15 is 0 Å². The summed E-state index contributed by atoms with van der Waals surface area (Å²) in [6, 6.07) is 8.43. The van der Waals surface area contributed by atoms with Crippen LogP contribution >= 0.6 is 11.8 Å². The van der Waals surface area contributed by atoms with Crippen molar-refractivity contribution in [2.75, 3.05) is 12.3 Å². The van der Waals surface area contributed by atoms with E-state index in [0.29, 0.717) is 24.2 Å². The number of aryl methyl sites for hydroxylation is 1. The molecule has 2 aromatic rings. The fourth-order valence-electron chi connectivity index (χ4n) is 3.55. The monoisotopic (exact) mass is 341 g/mol. The van der Waals surface area contributed by atoms with Crippen molar-refractivity contribution in [1.82, 2.24) is 14.9 Å². The third-order valence-electron chi connectivity index (χ3n) is 4.80. The van der Waals surface area contributed by atoms with Crippen LogP contribution in [0.25, 0.3) is 0 Å². The van der Waals surface area contributed by atoms with Gasteiger partial charge in [-0.15, -0.1) is 0 Å². The third kappa shape index (κ3) is 2.75. The van der Waals surface area contributed by atoms with Gasteiger partial charge in [0, 0.05) is 31.0 Å². The number of rotatable bonds is 3. The molecule has 6 heteroatoms. The van der Waals surface area contributed by atoms with Gasteiger partial charge in [0.15, 0.2) is 5.16 Å². The maximum atomic E-state index is 12.4. The predicted octanol–water partition coefficient (Wildman–Crippen LogP) is 2.20. The molecule has 1 atom stereocenters. The van der Waals surface area contributed by atoms with E-state index in [1.807, 2.05) is 6.07 Å². The number of benzene rings is 1. The first-order valence-corrected chi connectivity index (χ1v) is 9.31. The lowest BCUT2D eigenvalue weighted by Gasteiger charge is -2.25. The summed E-state index contributed by atoms with van der Waals surface area (Å²) >= 11 is 1.55. The SMILES string of the molecule is O=C(NCC1CCCc2ccccc21)c1cnc2n(c1=O)CCS2. The zero-order valence-corrected chi connectivity index (χ0v) is 14.1. The third-order valence-corrected chi connectivity index (χ3v) is 5.77. The Hall–Kier alpha value is -2.08. The molecule has 1 aromatic heterocycles. The number of amides is 1. The molecule has 1 unspecified atom stereocenters. The van der Waals surface area contributed by atoms with Crippen LogP contribution < -0.4 is 10.9 Å². The average molecular weight is 341 g/mol. The average Bonchev–Trinajstić information content (AvgIpc) is 3.09. The zero-order valence-electron chi connectivity index (χ0n) is 13.3. The highest BCUT2D eigenvalue weighted by Crippen LogP contribution is 2.30. The van der Waals surface area contributed by atoms with Crippen LogP contribution in [0.4, 0.5) is 0 Å². The number of nitrogens with zero attached hydrogens (tertiary/aromatic N) is 2. The molecule has 4 rings (SSSR count). The number of fused-ring (bicyclic) bond motifs is 2. The molecule has 2 heterocycles. The first kappa shape index (κ1) is 15.4. The minimum Gasteiger partial charge on any atom is -0.351 e. The lowest BCUT2D eigenvalue weighted by molar-refractivity contribution is 0.0947. The number of nitrogens with one attached hydrogen (secondary N) is 1. The molecule has 0 radical (unpaired) electrons. The van der Waals surface area contributed by atoms with Crippen molar-refractivity contribution < 1.29 is 4.79 Å². The van der Waals surface area contributed by atoms with E-state index in [9.17, 15) is 9.59 Å². The van der Waals surface area contributed by atoms with E-state index in [1.54, 1.807) is 16.3 Å². The number of thioether (sulfide) groups is 1. The van der Waals surface area contributed by atoms with Gasteiger partial charge in [-0.05, 0) is 30.4 Å². The van der Waals surface area contributed by atoms with Gasteiger partial charge in [0.25, 0.3) is 11.5 Å². The molecule has 2 aliphatic rings. The molecule has 1 aromatic carbocycles. The van der Waals surface area contributed by atoms with Crippen LogP contribution in [0.2, 0.25) is 0 Å². The number of hydrogen-bond donors (Lipinski definition) is 1. The van der Waals surface area contributed by atoms with Gasteiger partial charge < -0.3 is 5.32 Å². The van der Waals surface area contributed by atoms with Gasteiger partial charge in [-0.25, -0.2) is 4.98 Å². The molecule has 124 valence electrons. The lowest BCUT2D eigenvalue weighted by Crippen LogP contribution is -2.35. The van der Waals surface area contributed by atoms with Gasteiger partial charge in [0.1, 0.15) is 5.56 Å². The van der Waals surface area contributed by atoms with Crippen molar-refractivity contribution in [1.29, 1.82) is 0 Å². The topological polar surface area (TPSA) is 64.0 Å². The van der Waals surface area contributed by atoms with Gasteiger partial charge in [0.05, 0.1) is 0 Å². The van der Waals surface area contributed by atoms with Gasteiger partial charge in [0.2, 0.25) is 0 Å². The molecule has 24 heavy (non-hydrogen) atoms. The van der Waals surface area contributed by atoms with E-state index in [0.717, 1.165) is 25.0 Å². The van der Waals surface area contributed by atoms with Crippen LogP contribution in [0.1, 0.15) is 40.2 Å². The molecule has 0 bridgehead atoms. The molecular weight excluding hydrogens is 322 g/mol. The molecule has 5 nitrogen and oxygen atoms in total. The summed E-state index contributed by atoms with van der Waals surface area (Å²) in [4.78, 5) is 29.1. The summed E-state index contributed by atoms with van der Waals surface area (Å²) in [7, 11) is 0. The Morgan fingerprint density at radius 1 is 1.38 bits per heavy atom. The predicted molar refractivity (Wildman–Crippen MR) is 93.7 cm³/mol. The van der Waals surface area contributed by atoms with E-state index < -0.39 is 0 Å². The maximum absolute atomic E-state index is 12.4. The zero-order chi connectivity index (χ0) is 16.5. The highest BCUT2D eigenvalue weighted by Gasteiger charge is 2.23. The van der Waals surface area contributed by atoms with Gasteiger partial charge in [-0.1, -0.05) is 36.0 Å². The minimum atomic E-state index is -0.317. The van der Waals surface area contributed by atoms with Gasteiger partial charge in [-0.2, -0.15) is 0 Å². The molecule has 0 saturated heterocycles. The standard InChI is InChI=1S/C18H19N3O2S/c22-16(15-11-20-18-21(17(15)23)8-9-24-18)19-10-13-6-3-5-12-4-1-2-7-14(12)13/h1-2,4,7,11,13H,3,5-6,8-10H2,(H,19,22). The normalized spacial score (nSPS) is 18.8. The Morgan fingerprint density at radius 2 is 2.25 bits per heavy atom. The van der Waals surface area contributed by atoms with E-state index in [2.05, 4.69) is 28.5 Å². The van der Waals surface area contributed by atoms with Crippen LogP contribution in [0.5, 0.6) is 0 Å². The molecule has 1 aliphatic carbocycles. The molecular formula is C18H19N3O2S. The highest BCUT2D eigenvalue weighted by molar-refractivity contribution is 7.99. The van der Waals surface area contributed by atoms with Crippen molar-refractivity contribution in [2.45, 2.75) is 36.9 Å². The number of carbonyl (C=O) groups is 1. The Balaban J connectivity index is 1.50. The first-order chi connectivity index (χ1) is 11.7. The van der Waals surface area contributed by atoms with Crippen molar-refractivity contribution in [2.24, 2.45) is 0 Å². The molecule has 1 N–H and O–H groups in total. The second-order valence-corrected chi connectivity index (χ2v) is 7.32. The summed E-state index contributed by atoms with van der Waals surface area (Å²) in [5.41, 5.74) is 2.61. The number of carbonyl (C=O) groups excluding carboxylic acids is 1. The smallest absolute Gasteiger partial charge is 0.267 e. The second kappa shape index (κ2) is 6.43. The molecule has 1 amide bonds. The second-order valence-electron chi connectivity index (χ2n) is 6.26. The summed E-state index contributed by atoms with van der Waals surface area (Å²) < 4.78 is 1.59. The Morgan fingerprint density at radius 3 is 3.17 bits per heavy atom. The van der Waals surface area contributed by atoms with Crippen molar-refractivity contribution in [3.63, 3.8) is 0 Å². The Kier molecular flexibility index (Phi) is 4.14. The summed E-state index contributed by atoms with van der Waals surface area (Å²) in [6.07, 6.45) is 4.72.